The molecule has 5 N–H and O–H groups in total. The summed E-state index contributed by atoms with van der Waals surface area (Å²) in [7, 11) is 1.59. The van der Waals surface area contributed by atoms with E-state index < -0.39 is 17.5 Å². The van der Waals surface area contributed by atoms with E-state index in [0.29, 0.717) is 30.4 Å². The predicted octanol–water partition coefficient (Wildman–Crippen LogP) is 4.21. The molecule has 2 saturated carbocycles. The Morgan fingerprint density at radius 1 is 1.11 bits per heavy atom. The van der Waals surface area contributed by atoms with Crippen LogP contribution in [0.4, 0.5) is 4.79 Å². The van der Waals surface area contributed by atoms with E-state index in [9.17, 15) is 14.4 Å². The van der Waals surface area contributed by atoms with Crippen molar-refractivity contribution >= 4 is 40.5 Å². The number of amides is 4. The standard InChI is InChI=1S/C33H39ClN6O4/c1-31(12-13-31)24(20-6-3-4-7-21(20)34)25(39-30(43)35-2)27-37-22-9-8-19(16-23(22)38-27)33(14-15-44-18-33)29(42)40-26-28(41)36-17-32(26)10-5-11-32/h3-4,6-9,16,24-26H,5,10-15,17-18H2,1-2H3,(H,36,41)(H,37,38)(H,40,42)(H2,35,39,43)/t24-,25-,26-,33?/m0/s1. The average molecular weight is 619 g/mol. The van der Waals surface area contributed by atoms with Gasteiger partial charge in [-0.2, -0.15) is 0 Å². The fraction of sp³-hybridized carbons (Fsp3) is 0.515. The van der Waals surface area contributed by atoms with E-state index >= 15 is 0 Å². The number of halogens is 1. The first-order valence-corrected chi connectivity index (χ1v) is 16.0. The molecule has 2 saturated heterocycles. The lowest BCUT2D eigenvalue weighted by atomic mass is 9.65. The van der Waals surface area contributed by atoms with Crippen LogP contribution in [0.2, 0.25) is 5.02 Å². The number of rotatable bonds is 8. The molecule has 2 aliphatic heterocycles. The summed E-state index contributed by atoms with van der Waals surface area (Å²) < 4.78 is 5.81. The molecule has 232 valence electrons. The van der Waals surface area contributed by atoms with Crippen LogP contribution in [-0.4, -0.2) is 60.7 Å². The van der Waals surface area contributed by atoms with E-state index in [4.69, 9.17) is 21.3 Å². The molecule has 3 heterocycles. The molecule has 0 bridgehead atoms. The molecule has 4 aliphatic rings. The summed E-state index contributed by atoms with van der Waals surface area (Å²) in [5.41, 5.74) is 2.10. The van der Waals surface area contributed by atoms with Gasteiger partial charge in [-0.3, -0.25) is 9.59 Å². The van der Waals surface area contributed by atoms with Crippen molar-refractivity contribution in [3.8, 4) is 0 Å². The van der Waals surface area contributed by atoms with Crippen molar-refractivity contribution < 1.29 is 19.1 Å². The number of nitrogens with one attached hydrogen (secondary N) is 5. The van der Waals surface area contributed by atoms with E-state index in [2.05, 4.69) is 33.2 Å². The van der Waals surface area contributed by atoms with Gasteiger partial charge in [0.1, 0.15) is 11.9 Å². The van der Waals surface area contributed by atoms with Gasteiger partial charge >= 0.3 is 6.03 Å². The Labute approximate surface area is 261 Å². The quantitative estimate of drug-likeness (QED) is 0.258. The van der Waals surface area contributed by atoms with Crippen LogP contribution in [0.5, 0.6) is 0 Å². The number of benzene rings is 2. The highest BCUT2D eigenvalue weighted by molar-refractivity contribution is 6.31. The second kappa shape index (κ2) is 10.8. The minimum atomic E-state index is -0.922. The molecule has 2 aromatic carbocycles. The number of hydrogen-bond donors (Lipinski definition) is 5. The van der Waals surface area contributed by atoms with E-state index in [1.54, 1.807) is 7.05 Å². The number of H-pyrrole nitrogens is 1. The molecule has 0 radical (unpaired) electrons. The fourth-order valence-corrected chi connectivity index (χ4v) is 7.88. The van der Waals surface area contributed by atoms with Gasteiger partial charge in [0.05, 0.1) is 29.1 Å². The molecule has 3 aromatic rings. The predicted molar refractivity (Wildman–Crippen MR) is 166 cm³/mol. The summed E-state index contributed by atoms with van der Waals surface area (Å²) >= 11 is 6.74. The maximum Gasteiger partial charge on any atom is 0.315 e. The summed E-state index contributed by atoms with van der Waals surface area (Å²) in [4.78, 5) is 48.0. The summed E-state index contributed by atoms with van der Waals surface area (Å²) in [5, 5.41) is 12.6. The van der Waals surface area contributed by atoms with Crippen LogP contribution >= 0.6 is 11.6 Å². The third-order valence-corrected chi connectivity index (χ3v) is 11.1. The van der Waals surface area contributed by atoms with Crippen LogP contribution < -0.4 is 21.3 Å². The Morgan fingerprint density at radius 2 is 1.91 bits per heavy atom. The number of carbonyl (C=O) groups excluding carboxylic acids is 3. The molecular weight excluding hydrogens is 580 g/mol. The van der Waals surface area contributed by atoms with E-state index in [-0.39, 0.29) is 41.2 Å². The molecule has 1 unspecified atom stereocenters. The van der Waals surface area contributed by atoms with Crippen LogP contribution in [0.25, 0.3) is 11.0 Å². The molecule has 4 atom stereocenters. The van der Waals surface area contributed by atoms with Crippen LogP contribution in [0.15, 0.2) is 42.5 Å². The zero-order valence-electron chi connectivity index (χ0n) is 25.1. The lowest BCUT2D eigenvalue weighted by Gasteiger charge is -2.42. The molecule has 11 heteroatoms. The molecule has 10 nitrogen and oxygen atoms in total. The highest BCUT2D eigenvalue weighted by atomic mass is 35.5. The molecule has 1 spiro atoms. The van der Waals surface area contributed by atoms with Crippen molar-refractivity contribution in [1.29, 1.82) is 0 Å². The largest absolute Gasteiger partial charge is 0.380 e. The van der Waals surface area contributed by atoms with Crippen LogP contribution in [0.3, 0.4) is 0 Å². The van der Waals surface area contributed by atoms with Gasteiger partial charge < -0.3 is 31.0 Å². The molecular formula is C33H39ClN6O4. The lowest BCUT2D eigenvalue weighted by molar-refractivity contribution is -0.133. The van der Waals surface area contributed by atoms with E-state index in [1.807, 2.05) is 42.5 Å². The molecule has 44 heavy (non-hydrogen) atoms. The maximum atomic E-state index is 14.0. The number of carbonyl (C=O) groups is 3. The smallest absolute Gasteiger partial charge is 0.315 e. The fourth-order valence-electron chi connectivity index (χ4n) is 7.62. The van der Waals surface area contributed by atoms with Gasteiger partial charge in [-0.05, 0) is 66.8 Å². The normalized spacial score (nSPS) is 26.1. The number of nitrogens with zero attached hydrogens (tertiary/aromatic N) is 1. The number of aromatic amines is 1. The van der Waals surface area contributed by atoms with Crippen LogP contribution in [0, 0.1) is 10.8 Å². The summed E-state index contributed by atoms with van der Waals surface area (Å²) in [6.07, 6.45) is 5.47. The Morgan fingerprint density at radius 3 is 2.57 bits per heavy atom. The van der Waals surface area contributed by atoms with Gasteiger partial charge in [0.15, 0.2) is 0 Å². The second-order valence-electron chi connectivity index (χ2n) is 13.4. The first-order chi connectivity index (χ1) is 21.2. The second-order valence-corrected chi connectivity index (χ2v) is 13.8. The highest BCUT2D eigenvalue weighted by Crippen LogP contribution is 2.60. The summed E-state index contributed by atoms with van der Waals surface area (Å²) in [6, 6.07) is 12.3. The molecule has 7 rings (SSSR count). The Hall–Kier alpha value is -3.63. The van der Waals surface area contributed by atoms with Gasteiger partial charge in [0, 0.05) is 36.6 Å². The third-order valence-electron chi connectivity index (χ3n) is 10.8. The first-order valence-electron chi connectivity index (χ1n) is 15.6. The summed E-state index contributed by atoms with van der Waals surface area (Å²) in [6.45, 7) is 3.53. The van der Waals surface area contributed by atoms with Crippen molar-refractivity contribution in [3.05, 3.63) is 64.4 Å². The first kappa shape index (κ1) is 29.1. The minimum Gasteiger partial charge on any atom is -0.380 e. The average Bonchev–Trinajstić information content (AvgIpc) is 3.36. The monoisotopic (exact) mass is 618 g/mol. The van der Waals surface area contributed by atoms with Gasteiger partial charge in [-0.1, -0.05) is 49.2 Å². The molecule has 4 amide bonds. The van der Waals surface area contributed by atoms with Gasteiger partial charge in [0.25, 0.3) is 0 Å². The van der Waals surface area contributed by atoms with E-state index in [1.165, 1.54) is 0 Å². The number of imidazole rings is 1. The highest BCUT2D eigenvalue weighted by Gasteiger charge is 2.55. The molecule has 2 aliphatic carbocycles. The number of fused-ring (bicyclic) bond motifs is 1. The van der Waals surface area contributed by atoms with Crippen molar-refractivity contribution in [3.63, 3.8) is 0 Å². The molecule has 1 aromatic heterocycles. The SMILES string of the molecule is CNC(=O)N[C@H](c1nc2ccc(C3(C(=O)N[C@H]4C(=O)NCC45CCC5)CCOC3)cc2[nH]1)[C@H](c1ccccc1Cl)C1(C)CC1. The zero-order chi connectivity index (χ0) is 30.7. The lowest BCUT2D eigenvalue weighted by Crippen LogP contribution is -2.57. The number of ether oxygens (including phenoxy) is 1. The van der Waals surface area contributed by atoms with Gasteiger partial charge in [-0.15, -0.1) is 0 Å². The molecule has 4 fully saturated rings. The maximum absolute atomic E-state index is 14.0. The van der Waals surface area contributed by atoms with Crippen molar-refractivity contribution in [1.82, 2.24) is 31.2 Å². The Kier molecular flexibility index (Phi) is 7.12. The van der Waals surface area contributed by atoms with Gasteiger partial charge in [-0.25, -0.2) is 9.78 Å². The Balaban J connectivity index is 1.25. The third kappa shape index (κ3) is 4.74. The number of aromatic nitrogens is 2. The number of urea groups is 1. The van der Waals surface area contributed by atoms with Crippen LogP contribution in [0.1, 0.15) is 74.4 Å². The Bertz CT molecular complexity index is 1620. The summed E-state index contributed by atoms with van der Waals surface area (Å²) in [5.74, 6) is 0.217. The topological polar surface area (TPSA) is 137 Å². The van der Waals surface area contributed by atoms with Gasteiger partial charge in [0.2, 0.25) is 11.8 Å². The zero-order valence-corrected chi connectivity index (χ0v) is 25.9. The van der Waals surface area contributed by atoms with Crippen LogP contribution in [-0.2, 0) is 19.7 Å². The number of hydrogen-bond acceptors (Lipinski definition) is 5. The van der Waals surface area contributed by atoms with Crippen molar-refractivity contribution in [2.75, 3.05) is 26.8 Å². The minimum absolute atomic E-state index is 0.0610. The van der Waals surface area contributed by atoms with Crippen molar-refractivity contribution in [2.45, 2.75) is 68.9 Å². The van der Waals surface area contributed by atoms with Crippen molar-refractivity contribution in [2.24, 2.45) is 10.8 Å². The van der Waals surface area contributed by atoms with E-state index in [0.717, 1.165) is 54.3 Å².